The van der Waals surface area contributed by atoms with Crippen LogP contribution in [-0.4, -0.2) is 5.97 Å². The molecule has 1 heterocycles. The molecule has 0 aliphatic carbocycles. The molecule has 0 saturated carbocycles. The van der Waals surface area contributed by atoms with Gasteiger partial charge in [0.1, 0.15) is 5.75 Å². The van der Waals surface area contributed by atoms with Crippen molar-refractivity contribution in [3.05, 3.63) is 65.2 Å². The van der Waals surface area contributed by atoms with E-state index < -0.39 is 0 Å². The number of fused-ring (bicyclic) bond motifs is 1. The van der Waals surface area contributed by atoms with Gasteiger partial charge in [0.25, 0.3) is 0 Å². The molecule has 0 fully saturated rings. The Bertz CT molecular complexity index is 622. The summed E-state index contributed by atoms with van der Waals surface area (Å²) in [5.74, 6) is 0.756. The largest absolute Gasteiger partial charge is 0.426 e. The van der Waals surface area contributed by atoms with Crippen LogP contribution in [-0.2, 0) is 23.5 Å². The van der Waals surface area contributed by atoms with Gasteiger partial charge in [-0.05, 0) is 24.0 Å². The second-order valence-corrected chi connectivity index (χ2v) is 5.32. The van der Waals surface area contributed by atoms with Gasteiger partial charge in [-0.3, -0.25) is 4.79 Å². The molecule has 0 radical (unpaired) electrons. The number of alkyl halides is 1. The Hall–Kier alpha value is -1.80. The van der Waals surface area contributed by atoms with Gasteiger partial charge in [0, 0.05) is 5.56 Å². The quantitative estimate of drug-likeness (QED) is 0.488. The van der Waals surface area contributed by atoms with Crippen LogP contribution in [0.2, 0.25) is 0 Å². The average Bonchev–Trinajstić information content (AvgIpc) is 2.48. The molecule has 0 aromatic heterocycles. The van der Waals surface area contributed by atoms with Crippen LogP contribution in [0, 0.1) is 5.92 Å². The van der Waals surface area contributed by atoms with E-state index in [0.717, 1.165) is 16.7 Å². The maximum absolute atomic E-state index is 12.2. The molecule has 2 nitrogen and oxygen atoms in total. The van der Waals surface area contributed by atoms with E-state index in [-0.39, 0.29) is 11.9 Å². The van der Waals surface area contributed by atoms with Gasteiger partial charge in [0.05, 0.1) is 11.8 Å². The first-order valence-electron chi connectivity index (χ1n) is 6.70. The number of hydrogen-bond donors (Lipinski definition) is 0. The molecule has 20 heavy (non-hydrogen) atoms. The highest BCUT2D eigenvalue weighted by atomic mass is 35.5. The fourth-order valence-electron chi connectivity index (χ4n) is 2.62. The zero-order chi connectivity index (χ0) is 13.9. The minimum Gasteiger partial charge on any atom is -0.426 e. The number of carbonyl (C=O) groups is 1. The predicted molar refractivity (Wildman–Crippen MR) is 79.0 cm³/mol. The van der Waals surface area contributed by atoms with E-state index in [0.29, 0.717) is 24.5 Å². The Morgan fingerprint density at radius 2 is 1.90 bits per heavy atom. The van der Waals surface area contributed by atoms with Crippen molar-refractivity contribution in [2.75, 3.05) is 0 Å². The molecule has 1 aliphatic rings. The van der Waals surface area contributed by atoms with Gasteiger partial charge in [-0.25, -0.2) is 0 Å². The minimum absolute atomic E-state index is 0.115. The SMILES string of the molecule is O=C1Oc2c(CCl)cccc2CC1Cc1ccccc1. The Kier molecular flexibility index (Phi) is 3.75. The van der Waals surface area contributed by atoms with Gasteiger partial charge in [-0.1, -0.05) is 48.5 Å². The number of carbonyl (C=O) groups excluding carboxylic acids is 1. The maximum atomic E-state index is 12.2. The molecule has 3 rings (SSSR count). The zero-order valence-electron chi connectivity index (χ0n) is 11.0. The fraction of sp³-hybridized carbons (Fsp3) is 0.235. The fourth-order valence-corrected chi connectivity index (χ4v) is 2.83. The average molecular weight is 287 g/mol. The van der Waals surface area contributed by atoms with Crippen LogP contribution in [0.5, 0.6) is 5.75 Å². The highest BCUT2D eigenvalue weighted by molar-refractivity contribution is 6.17. The molecular formula is C17H15ClO2. The molecule has 3 heteroatoms. The maximum Gasteiger partial charge on any atom is 0.315 e. The molecule has 1 atom stereocenters. The second-order valence-electron chi connectivity index (χ2n) is 5.05. The van der Waals surface area contributed by atoms with Crippen LogP contribution in [0.25, 0.3) is 0 Å². The third-order valence-corrected chi connectivity index (χ3v) is 3.94. The number of hydrogen-bond acceptors (Lipinski definition) is 2. The Balaban J connectivity index is 1.84. The second kappa shape index (κ2) is 5.68. The van der Waals surface area contributed by atoms with E-state index in [1.165, 1.54) is 0 Å². The first kappa shape index (κ1) is 13.2. The van der Waals surface area contributed by atoms with Gasteiger partial charge in [0.2, 0.25) is 0 Å². The van der Waals surface area contributed by atoms with E-state index in [1.54, 1.807) is 0 Å². The van der Waals surface area contributed by atoms with Crippen molar-refractivity contribution in [1.82, 2.24) is 0 Å². The third-order valence-electron chi connectivity index (χ3n) is 3.65. The first-order valence-corrected chi connectivity index (χ1v) is 7.23. The normalized spacial score (nSPS) is 17.4. The van der Waals surface area contributed by atoms with Crippen molar-refractivity contribution in [1.29, 1.82) is 0 Å². The van der Waals surface area contributed by atoms with Crippen LogP contribution in [0.4, 0.5) is 0 Å². The number of ether oxygens (including phenoxy) is 1. The summed E-state index contributed by atoms with van der Waals surface area (Å²) in [6, 6.07) is 15.9. The molecule has 2 aromatic rings. The summed E-state index contributed by atoms with van der Waals surface area (Å²) in [7, 11) is 0. The lowest BCUT2D eigenvalue weighted by Gasteiger charge is -2.24. The van der Waals surface area contributed by atoms with E-state index >= 15 is 0 Å². The summed E-state index contributed by atoms with van der Waals surface area (Å²) in [5.41, 5.74) is 3.12. The molecule has 2 aromatic carbocycles. The highest BCUT2D eigenvalue weighted by Crippen LogP contribution is 2.33. The molecule has 0 amide bonds. The summed E-state index contributed by atoms with van der Waals surface area (Å²) < 4.78 is 5.52. The lowest BCUT2D eigenvalue weighted by atomic mass is 9.89. The third kappa shape index (κ3) is 2.56. The van der Waals surface area contributed by atoms with E-state index in [2.05, 4.69) is 0 Å². The summed E-state index contributed by atoms with van der Waals surface area (Å²) in [5, 5.41) is 0. The molecule has 102 valence electrons. The van der Waals surface area contributed by atoms with Crippen molar-refractivity contribution < 1.29 is 9.53 Å². The topological polar surface area (TPSA) is 26.3 Å². The molecule has 0 spiro atoms. The number of esters is 1. The predicted octanol–water partition coefficient (Wildman–Crippen LogP) is 3.75. The summed E-state index contributed by atoms with van der Waals surface area (Å²) in [6.07, 6.45) is 1.43. The molecule has 0 bridgehead atoms. The smallest absolute Gasteiger partial charge is 0.315 e. The van der Waals surface area contributed by atoms with Crippen LogP contribution >= 0.6 is 11.6 Å². The van der Waals surface area contributed by atoms with Crippen molar-refractivity contribution in [2.24, 2.45) is 5.92 Å². The zero-order valence-corrected chi connectivity index (χ0v) is 11.8. The van der Waals surface area contributed by atoms with E-state index in [4.69, 9.17) is 16.3 Å². The number of rotatable bonds is 3. The number of benzene rings is 2. The Morgan fingerprint density at radius 3 is 2.65 bits per heavy atom. The van der Waals surface area contributed by atoms with Crippen LogP contribution in [0.3, 0.4) is 0 Å². The Morgan fingerprint density at radius 1 is 1.10 bits per heavy atom. The Labute approximate surface area is 123 Å². The lowest BCUT2D eigenvalue weighted by molar-refractivity contribution is -0.140. The van der Waals surface area contributed by atoms with Crippen molar-refractivity contribution in [2.45, 2.75) is 18.7 Å². The van der Waals surface area contributed by atoms with Crippen LogP contribution in [0.15, 0.2) is 48.5 Å². The summed E-state index contributed by atoms with van der Waals surface area (Å²) in [4.78, 5) is 12.2. The van der Waals surface area contributed by atoms with Crippen LogP contribution in [0.1, 0.15) is 16.7 Å². The molecular weight excluding hydrogens is 272 g/mol. The van der Waals surface area contributed by atoms with Gasteiger partial charge >= 0.3 is 5.97 Å². The van der Waals surface area contributed by atoms with E-state index in [9.17, 15) is 4.79 Å². The molecule has 0 saturated heterocycles. The van der Waals surface area contributed by atoms with Crippen molar-refractivity contribution in [3.8, 4) is 5.75 Å². The standard InChI is InChI=1S/C17H15ClO2/c18-11-14-8-4-7-13-10-15(17(19)20-16(13)14)9-12-5-2-1-3-6-12/h1-8,15H,9-11H2. The van der Waals surface area contributed by atoms with Gasteiger partial charge in [-0.15, -0.1) is 11.6 Å². The van der Waals surface area contributed by atoms with E-state index in [1.807, 2.05) is 48.5 Å². The molecule has 1 unspecified atom stereocenters. The first-order chi connectivity index (χ1) is 9.78. The highest BCUT2D eigenvalue weighted by Gasteiger charge is 2.29. The van der Waals surface area contributed by atoms with Gasteiger partial charge in [0.15, 0.2) is 0 Å². The molecule has 1 aliphatic heterocycles. The van der Waals surface area contributed by atoms with Crippen molar-refractivity contribution in [3.63, 3.8) is 0 Å². The summed E-state index contributed by atoms with van der Waals surface area (Å²) >= 11 is 5.89. The lowest BCUT2D eigenvalue weighted by Crippen LogP contribution is -2.29. The van der Waals surface area contributed by atoms with Crippen LogP contribution < -0.4 is 4.74 Å². The van der Waals surface area contributed by atoms with Gasteiger partial charge in [-0.2, -0.15) is 0 Å². The summed E-state index contributed by atoms with van der Waals surface area (Å²) in [6.45, 7) is 0. The minimum atomic E-state index is -0.154. The van der Waals surface area contributed by atoms with Gasteiger partial charge < -0.3 is 4.74 Å². The number of para-hydroxylation sites is 1. The van der Waals surface area contributed by atoms with Crippen molar-refractivity contribution >= 4 is 17.6 Å². The monoisotopic (exact) mass is 286 g/mol. The number of halogens is 1. The molecule has 0 N–H and O–H groups in total.